The summed E-state index contributed by atoms with van der Waals surface area (Å²) in [6, 6.07) is 10.6. The number of aryl methyl sites for hydroxylation is 1. The molecule has 0 atom stereocenters. The number of nitrogens with zero attached hydrogens (tertiary/aromatic N) is 1. The number of rotatable bonds is 9. The Kier molecular flexibility index (Phi) is 8.48. The van der Waals surface area contributed by atoms with Crippen LogP contribution < -0.4 is 20.2 Å². The van der Waals surface area contributed by atoms with Crippen molar-refractivity contribution in [2.45, 2.75) is 26.7 Å². The van der Waals surface area contributed by atoms with Gasteiger partial charge in [0, 0.05) is 23.6 Å². The smallest absolute Gasteiger partial charge is 0.240 e. The lowest BCUT2D eigenvalue weighted by Crippen LogP contribution is -2.20. The molecule has 2 N–H and O–H groups in total. The molecule has 0 bridgehead atoms. The van der Waals surface area contributed by atoms with Crippen molar-refractivity contribution in [3.05, 3.63) is 52.5 Å². The molecule has 0 saturated carbocycles. The Morgan fingerprint density at radius 3 is 2.55 bits per heavy atom. The van der Waals surface area contributed by atoms with Gasteiger partial charge in [0.2, 0.25) is 11.8 Å². The van der Waals surface area contributed by atoms with Crippen LogP contribution >= 0.6 is 11.6 Å². The first-order valence-corrected chi connectivity index (χ1v) is 9.49. The van der Waals surface area contributed by atoms with E-state index in [2.05, 4.69) is 15.8 Å². The molecular formula is C21H24ClN3O4. The fourth-order valence-corrected chi connectivity index (χ4v) is 2.58. The maximum Gasteiger partial charge on any atom is 0.240 e. The Labute approximate surface area is 175 Å². The number of anilines is 1. The molecule has 154 valence electrons. The zero-order valence-electron chi connectivity index (χ0n) is 16.6. The third-order valence-corrected chi connectivity index (χ3v) is 4.33. The lowest BCUT2D eigenvalue weighted by molar-refractivity contribution is -0.124. The fourth-order valence-electron chi connectivity index (χ4n) is 2.40. The average molecular weight is 418 g/mol. The molecule has 0 aliphatic heterocycles. The van der Waals surface area contributed by atoms with Crippen LogP contribution in [0.2, 0.25) is 5.02 Å². The van der Waals surface area contributed by atoms with E-state index in [4.69, 9.17) is 21.1 Å². The van der Waals surface area contributed by atoms with E-state index in [0.29, 0.717) is 28.8 Å². The molecule has 0 unspecified atom stereocenters. The molecule has 0 fully saturated rings. The Balaban J connectivity index is 1.81. The van der Waals surface area contributed by atoms with Crippen LogP contribution in [0.1, 0.15) is 30.9 Å². The highest BCUT2D eigenvalue weighted by Crippen LogP contribution is 2.27. The van der Waals surface area contributed by atoms with Gasteiger partial charge < -0.3 is 14.8 Å². The van der Waals surface area contributed by atoms with E-state index < -0.39 is 0 Å². The summed E-state index contributed by atoms with van der Waals surface area (Å²) in [5.41, 5.74) is 4.66. The van der Waals surface area contributed by atoms with Gasteiger partial charge >= 0.3 is 0 Å². The minimum atomic E-state index is -0.364. The summed E-state index contributed by atoms with van der Waals surface area (Å²) in [5.74, 6) is 0.574. The van der Waals surface area contributed by atoms with E-state index in [1.165, 1.54) is 6.21 Å². The number of methoxy groups -OCH3 is 1. The summed E-state index contributed by atoms with van der Waals surface area (Å²) in [6.07, 6.45) is 1.54. The number of carbonyl (C=O) groups excluding carboxylic acids is 2. The van der Waals surface area contributed by atoms with Crippen LogP contribution in [0.15, 0.2) is 41.5 Å². The molecule has 2 rings (SSSR count). The first-order valence-electron chi connectivity index (χ1n) is 9.11. The highest BCUT2D eigenvalue weighted by molar-refractivity contribution is 6.31. The van der Waals surface area contributed by atoms with Crippen LogP contribution in [-0.2, 0) is 9.59 Å². The predicted octanol–water partition coefficient (Wildman–Crippen LogP) is 3.92. The molecule has 2 amide bonds. The number of halogens is 1. The standard InChI is InChI=1S/C21H24ClN3O4/c1-4-29-19-11-15(6-8-18(19)28-3)13-23-25-21(27)10-9-20(26)24-16-7-5-14(2)17(22)12-16/h5-8,11-13H,4,9-10H2,1-3H3,(H,24,26)(H,25,27). The third-order valence-electron chi connectivity index (χ3n) is 3.93. The molecule has 0 heterocycles. The highest BCUT2D eigenvalue weighted by atomic mass is 35.5. The van der Waals surface area contributed by atoms with Gasteiger partial charge in [0.15, 0.2) is 11.5 Å². The minimum absolute atomic E-state index is 0.00950. The van der Waals surface area contributed by atoms with Crippen LogP contribution in [0.4, 0.5) is 5.69 Å². The van der Waals surface area contributed by atoms with Gasteiger partial charge in [-0.15, -0.1) is 0 Å². The number of amides is 2. The molecule has 2 aromatic carbocycles. The minimum Gasteiger partial charge on any atom is -0.493 e. The van der Waals surface area contributed by atoms with Crippen molar-refractivity contribution in [1.29, 1.82) is 0 Å². The van der Waals surface area contributed by atoms with Crippen LogP contribution in [0.3, 0.4) is 0 Å². The quantitative estimate of drug-likeness (QED) is 0.478. The highest BCUT2D eigenvalue weighted by Gasteiger charge is 2.08. The van der Waals surface area contributed by atoms with Crippen LogP contribution in [0, 0.1) is 6.92 Å². The molecule has 0 aliphatic carbocycles. The van der Waals surface area contributed by atoms with Gasteiger partial charge in [0.1, 0.15) is 0 Å². The number of nitrogens with one attached hydrogen (secondary N) is 2. The molecule has 7 nitrogen and oxygen atoms in total. The molecule has 0 aromatic heterocycles. The van der Waals surface area contributed by atoms with Crippen molar-refractivity contribution in [2.75, 3.05) is 19.0 Å². The zero-order valence-corrected chi connectivity index (χ0v) is 17.4. The topological polar surface area (TPSA) is 89.0 Å². The van der Waals surface area contributed by atoms with Crippen molar-refractivity contribution >= 4 is 35.3 Å². The molecule has 0 aliphatic rings. The summed E-state index contributed by atoms with van der Waals surface area (Å²) in [4.78, 5) is 23.9. The van der Waals surface area contributed by atoms with Crippen LogP contribution in [0.25, 0.3) is 0 Å². The SMILES string of the molecule is CCOc1cc(C=NNC(=O)CCC(=O)Nc2ccc(C)c(Cl)c2)ccc1OC. The van der Waals surface area contributed by atoms with E-state index >= 15 is 0 Å². The second kappa shape index (κ2) is 11.1. The number of benzene rings is 2. The predicted molar refractivity (Wildman–Crippen MR) is 114 cm³/mol. The van der Waals surface area contributed by atoms with E-state index in [1.54, 1.807) is 37.4 Å². The Bertz CT molecular complexity index is 899. The molecule has 0 radical (unpaired) electrons. The average Bonchev–Trinajstić information content (AvgIpc) is 2.70. The summed E-state index contributed by atoms with van der Waals surface area (Å²) in [5, 5.41) is 7.19. The van der Waals surface area contributed by atoms with E-state index in [-0.39, 0.29) is 24.7 Å². The van der Waals surface area contributed by atoms with Gasteiger partial charge in [-0.05, 0) is 55.3 Å². The summed E-state index contributed by atoms with van der Waals surface area (Å²) >= 11 is 6.03. The summed E-state index contributed by atoms with van der Waals surface area (Å²) < 4.78 is 10.7. The normalized spacial score (nSPS) is 10.6. The monoisotopic (exact) mass is 417 g/mol. The number of hydrazone groups is 1. The number of carbonyl (C=O) groups is 2. The first-order chi connectivity index (χ1) is 13.9. The van der Waals surface area contributed by atoms with Gasteiger partial charge in [-0.1, -0.05) is 17.7 Å². The fraction of sp³-hybridized carbons (Fsp3) is 0.286. The van der Waals surface area contributed by atoms with Crippen molar-refractivity contribution < 1.29 is 19.1 Å². The lowest BCUT2D eigenvalue weighted by Gasteiger charge is -2.09. The Morgan fingerprint density at radius 1 is 1.10 bits per heavy atom. The van der Waals surface area contributed by atoms with Crippen molar-refractivity contribution in [3.63, 3.8) is 0 Å². The first kappa shape index (κ1) is 22.2. The van der Waals surface area contributed by atoms with Crippen LogP contribution in [-0.4, -0.2) is 31.7 Å². The van der Waals surface area contributed by atoms with Gasteiger partial charge in [0.25, 0.3) is 0 Å². The number of ether oxygens (including phenoxy) is 2. The number of hydrogen-bond donors (Lipinski definition) is 2. The van der Waals surface area contributed by atoms with Crippen molar-refractivity contribution in [1.82, 2.24) is 5.43 Å². The third kappa shape index (κ3) is 7.12. The van der Waals surface area contributed by atoms with Crippen molar-refractivity contribution in [3.8, 4) is 11.5 Å². The number of hydrogen-bond acceptors (Lipinski definition) is 5. The van der Waals surface area contributed by atoms with E-state index in [9.17, 15) is 9.59 Å². The largest absolute Gasteiger partial charge is 0.493 e. The molecule has 8 heteroatoms. The Hall–Kier alpha value is -3.06. The molecule has 0 spiro atoms. The van der Waals surface area contributed by atoms with Gasteiger partial charge in [-0.25, -0.2) is 5.43 Å². The molecule has 0 saturated heterocycles. The maximum absolute atomic E-state index is 12.0. The van der Waals surface area contributed by atoms with Gasteiger partial charge in [-0.3, -0.25) is 9.59 Å². The molecule has 29 heavy (non-hydrogen) atoms. The molecule has 2 aromatic rings. The van der Waals surface area contributed by atoms with Gasteiger partial charge in [0.05, 0.1) is 19.9 Å². The Morgan fingerprint density at radius 2 is 1.86 bits per heavy atom. The summed E-state index contributed by atoms with van der Waals surface area (Å²) in [6.45, 7) is 4.26. The van der Waals surface area contributed by atoms with E-state index in [1.807, 2.05) is 19.9 Å². The lowest BCUT2D eigenvalue weighted by atomic mass is 10.2. The van der Waals surface area contributed by atoms with Crippen molar-refractivity contribution in [2.24, 2.45) is 5.10 Å². The second-order valence-corrected chi connectivity index (χ2v) is 6.56. The zero-order chi connectivity index (χ0) is 21.2. The summed E-state index contributed by atoms with van der Waals surface area (Å²) in [7, 11) is 1.56. The van der Waals surface area contributed by atoms with E-state index in [0.717, 1.165) is 11.1 Å². The van der Waals surface area contributed by atoms with Crippen LogP contribution in [0.5, 0.6) is 11.5 Å². The maximum atomic E-state index is 12.0. The second-order valence-electron chi connectivity index (χ2n) is 6.15. The van der Waals surface area contributed by atoms with Gasteiger partial charge in [-0.2, -0.15) is 5.10 Å². The molecular weight excluding hydrogens is 394 g/mol.